The molecular formula is C17H26N2O3. The smallest absolute Gasteiger partial charge is 0.220 e. The van der Waals surface area contributed by atoms with Crippen LogP contribution in [-0.2, 0) is 16.0 Å². The van der Waals surface area contributed by atoms with Gasteiger partial charge in [-0.25, -0.2) is 0 Å². The van der Waals surface area contributed by atoms with Crippen molar-refractivity contribution in [3.05, 3.63) is 29.8 Å². The molecule has 0 radical (unpaired) electrons. The molecule has 1 aromatic carbocycles. The monoisotopic (exact) mass is 306 g/mol. The lowest BCUT2D eigenvalue weighted by atomic mass is 10.1. The number of hydrogen-bond donors (Lipinski definition) is 1. The number of benzene rings is 1. The van der Waals surface area contributed by atoms with E-state index in [-0.39, 0.29) is 5.91 Å². The predicted octanol–water partition coefficient (Wildman–Crippen LogP) is 1.47. The highest BCUT2D eigenvalue weighted by atomic mass is 16.5. The minimum absolute atomic E-state index is 0.0968. The van der Waals surface area contributed by atoms with E-state index in [1.165, 1.54) is 0 Å². The average molecular weight is 306 g/mol. The average Bonchev–Trinajstić information content (AvgIpc) is 2.55. The van der Waals surface area contributed by atoms with Crippen LogP contribution in [0.5, 0.6) is 5.75 Å². The lowest BCUT2D eigenvalue weighted by molar-refractivity contribution is -0.121. The Morgan fingerprint density at radius 3 is 2.86 bits per heavy atom. The molecule has 1 aliphatic heterocycles. The van der Waals surface area contributed by atoms with E-state index in [9.17, 15) is 4.79 Å². The molecule has 5 heteroatoms. The Labute approximate surface area is 132 Å². The first-order valence-electron chi connectivity index (χ1n) is 8.07. The van der Waals surface area contributed by atoms with E-state index >= 15 is 0 Å². The van der Waals surface area contributed by atoms with Crippen molar-refractivity contribution in [3.8, 4) is 5.75 Å². The Morgan fingerprint density at radius 2 is 2.09 bits per heavy atom. The number of aryl methyl sites for hydroxylation is 1. The van der Waals surface area contributed by atoms with E-state index in [4.69, 9.17) is 9.47 Å². The molecule has 0 bridgehead atoms. The second-order valence-electron chi connectivity index (χ2n) is 5.34. The van der Waals surface area contributed by atoms with Gasteiger partial charge in [0.25, 0.3) is 0 Å². The van der Waals surface area contributed by atoms with Crippen LogP contribution < -0.4 is 10.1 Å². The van der Waals surface area contributed by atoms with Gasteiger partial charge in [-0.2, -0.15) is 0 Å². The van der Waals surface area contributed by atoms with Crippen molar-refractivity contribution in [3.63, 3.8) is 0 Å². The van der Waals surface area contributed by atoms with E-state index in [1.807, 2.05) is 31.2 Å². The number of nitrogens with one attached hydrogen (secondary N) is 1. The second-order valence-corrected chi connectivity index (χ2v) is 5.34. The summed E-state index contributed by atoms with van der Waals surface area (Å²) in [6.07, 6.45) is 1.20. The number of morpholine rings is 1. The third-order valence-electron chi connectivity index (χ3n) is 3.75. The molecule has 0 unspecified atom stereocenters. The van der Waals surface area contributed by atoms with Crippen LogP contribution >= 0.6 is 0 Å². The summed E-state index contributed by atoms with van der Waals surface area (Å²) in [5.41, 5.74) is 1.09. The van der Waals surface area contributed by atoms with Gasteiger partial charge in [-0.1, -0.05) is 18.2 Å². The van der Waals surface area contributed by atoms with Gasteiger partial charge in [-0.05, 0) is 25.0 Å². The Morgan fingerprint density at radius 1 is 1.32 bits per heavy atom. The van der Waals surface area contributed by atoms with Crippen molar-refractivity contribution in [2.75, 3.05) is 46.0 Å². The molecule has 0 saturated carbocycles. The number of nitrogens with zero attached hydrogens (tertiary/aromatic N) is 1. The maximum atomic E-state index is 11.9. The molecule has 22 heavy (non-hydrogen) atoms. The summed E-state index contributed by atoms with van der Waals surface area (Å²) >= 11 is 0. The number of carbonyl (C=O) groups excluding carboxylic acids is 1. The number of ether oxygens (including phenoxy) is 2. The number of para-hydroxylation sites is 1. The molecule has 1 aliphatic rings. The van der Waals surface area contributed by atoms with Gasteiger partial charge >= 0.3 is 0 Å². The lowest BCUT2D eigenvalue weighted by Gasteiger charge is -2.26. The fraction of sp³-hybridized carbons (Fsp3) is 0.588. The number of carbonyl (C=O) groups is 1. The summed E-state index contributed by atoms with van der Waals surface area (Å²) in [4.78, 5) is 14.2. The van der Waals surface area contributed by atoms with Crippen molar-refractivity contribution in [2.45, 2.75) is 19.8 Å². The Kier molecular flexibility index (Phi) is 7.19. The van der Waals surface area contributed by atoms with Crippen LogP contribution in [0, 0.1) is 0 Å². The van der Waals surface area contributed by atoms with E-state index in [0.717, 1.165) is 44.2 Å². The first-order valence-corrected chi connectivity index (χ1v) is 8.07. The van der Waals surface area contributed by atoms with Crippen LogP contribution in [0.3, 0.4) is 0 Å². The fourth-order valence-electron chi connectivity index (χ4n) is 2.52. The largest absolute Gasteiger partial charge is 0.494 e. The first kappa shape index (κ1) is 16.8. The van der Waals surface area contributed by atoms with Gasteiger partial charge in [0.05, 0.1) is 19.8 Å². The summed E-state index contributed by atoms with van der Waals surface area (Å²) in [6, 6.07) is 7.91. The highest BCUT2D eigenvalue weighted by Crippen LogP contribution is 2.19. The number of rotatable bonds is 8. The second kappa shape index (κ2) is 9.43. The first-order chi connectivity index (χ1) is 10.8. The van der Waals surface area contributed by atoms with Crippen molar-refractivity contribution in [2.24, 2.45) is 0 Å². The van der Waals surface area contributed by atoms with Gasteiger partial charge in [-0.3, -0.25) is 9.69 Å². The third kappa shape index (κ3) is 5.66. The molecule has 1 saturated heterocycles. The van der Waals surface area contributed by atoms with Gasteiger partial charge < -0.3 is 14.8 Å². The fourth-order valence-corrected chi connectivity index (χ4v) is 2.52. The maximum Gasteiger partial charge on any atom is 0.220 e. The summed E-state index contributed by atoms with van der Waals surface area (Å²) in [5.74, 6) is 0.977. The zero-order chi connectivity index (χ0) is 15.6. The lowest BCUT2D eigenvalue weighted by Crippen LogP contribution is -2.41. The molecule has 1 amide bonds. The Hall–Kier alpha value is -1.59. The van der Waals surface area contributed by atoms with Gasteiger partial charge in [0.2, 0.25) is 5.91 Å². The van der Waals surface area contributed by atoms with Crippen LogP contribution in [-0.4, -0.2) is 56.8 Å². The molecule has 5 nitrogen and oxygen atoms in total. The molecule has 1 N–H and O–H groups in total. The van der Waals surface area contributed by atoms with Crippen LogP contribution in [0.4, 0.5) is 0 Å². The van der Waals surface area contributed by atoms with E-state index in [2.05, 4.69) is 10.2 Å². The number of hydrogen-bond acceptors (Lipinski definition) is 4. The SMILES string of the molecule is CCOc1ccccc1CCC(=O)NCCN1CCOCC1. The van der Waals surface area contributed by atoms with Gasteiger partial charge in [0.15, 0.2) is 0 Å². The zero-order valence-electron chi connectivity index (χ0n) is 13.3. The molecule has 122 valence electrons. The van der Waals surface area contributed by atoms with Gasteiger partial charge in [0, 0.05) is 32.6 Å². The Balaban J connectivity index is 1.67. The molecule has 1 fully saturated rings. The normalized spacial score (nSPS) is 15.5. The topological polar surface area (TPSA) is 50.8 Å². The Bertz CT molecular complexity index is 459. The minimum atomic E-state index is 0.0968. The standard InChI is InChI=1S/C17H26N2O3/c1-2-22-16-6-4-3-5-15(16)7-8-17(20)18-9-10-19-11-13-21-14-12-19/h3-6H,2,7-14H2,1H3,(H,18,20). The molecule has 1 aromatic rings. The zero-order valence-corrected chi connectivity index (χ0v) is 13.3. The van der Waals surface area contributed by atoms with E-state index in [1.54, 1.807) is 0 Å². The van der Waals surface area contributed by atoms with E-state index in [0.29, 0.717) is 26.0 Å². The summed E-state index contributed by atoms with van der Waals surface area (Å²) in [7, 11) is 0. The van der Waals surface area contributed by atoms with Crippen LogP contribution in [0.2, 0.25) is 0 Å². The molecule has 0 spiro atoms. The van der Waals surface area contributed by atoms with Gasteiger partial charge in [0.1, 0.15) is 5.75 Å². The van der Waals surface area contributed by atoms with E-state index < -0.39 is 0 Å². The van der Waals surface area contributed by atoms with Gasteiger partial charge in [-0.15, -0.1) is 0 Å². The van der Waals surface area contributed by atoms with Crippen LogP contribution in [0.25, 0.3) is 0 Å². The van der Waals surface area contributed by atoms with Crippen LogP contribution in [0.1, 0.15) is 18.9 Å². The number of amides is 1. The summed E-state index contributed by atoms with van der Waals surface area (Å²) in [6.45, 7) is 7.70. The van der Waals surface area contributed by atoms with Crippen molar-refractivity contribution >= 4 is 5.91 Å². The molecular weight excluding hydrogens is 280 g/mol. The quantitative estimate of drug-likeness (QED) is 0.790. The van der Waals surface area contributed by atoms with Crippen molar-refractivity contribution in [1.29, 1.82) is 0 Å². The molecule has 2 rings (SSSR count). The summed E-state index contributed by atoms with van der Waals surface area (Å²) < 4.78 is 10.9. The van der Waals surface area contributed by atoms with Crippen LogP contribution in [0.15, 0.2) is 24.3 Å². The maximum absolute atomic E-state index is 11.9. The predicted molar refractivity (Wildman–Crippen MR) is 86.2 cm³/mol. The van der Waals surface area contributed by atoms with Crippen molar-refractivity contribution < 1.29 is 14.3 Å². The molecule has 0 aliphatic carbocycles. The third-order valence-corrected chi connectivity index (χ3v) is 3.75. The highest BCUT2D eigenvalue weighted by Gasteiger charge is 2.10. The molecule has 1 heterocycles. The van der Waals surface area contributed by atoms with Crippen molar-refractivity contribution in [1.82, 2.24) is 10.2 Å². The molecule has 0 aromatic heterocycles. The highest BCUT2D eigenvalue weighted by molar-refractivity contribution is 5.76. The minimum Gasteiger partial charge on any atom is -0.494 e. The summed E-state index contributed by atoms with van der Waals surface area (Å²) in [5, 5.41) is 2.99. The molecule has 0 atom stereocenters.